The van der Waals surface area contributed by atoms with E-state index in [2.05, 4.69) is 49.2 Å². The van der Waals surface area contributed by atoms with E-state index in [-0.39, 0.29) is 24.4 Å². The summed E-state index contributed by atoms with van der Waals surface area (Å²) in [5.74, 6) is -0.410. The second kappa shape index (κ2) is 16.9. The highest BCUT2D eigenvalue weighted by atomic mass is 35.5. The average molecular weight is 804 g/mol. The van der Waals surface area contributed by atoms with E-state index in [4.69, 9.17) is 54.9 Å². The highest BCUT2D eigenvalue weighted by Gasteiger charge is 2.45. The zero-order valence-corrected chi connectivity index (χ0v) is 31.8. The summed E-state index contributed by atoms with van der Waals surface area (Å²) in [6.45, 7) is 8.48. The zero-order valence-electron chi connectivity index (χ0n) is 29.5. The lowest BCUT2D eigenvalue weighted by molar-refractivity contribution is -0.190. The number of benzene rings is 3. The summed E-state index contributed by atoms with van der Waals surface area (Å²) < 4.78 is 55.2. The van der Waals surface area contributed by atoms with Gasteiger partial charge in [0.15, 0.2) is 0 Å². The SMILES string of the molecule is CCC(C)n1ncn(-c2ccc(N3CCN(c4ccc(OC[C@H]5CO[C@](Cn6cncn6)(c6ccc(Cl)cc6Cl)O5)cc4)CC3)cc2)c1=O.O=S(=O)(O)O. The molecule has 0 aliphatic carbocycles. The predicted octanol–water partition coefficient (Wildman–Crippen LogP) is 4.92. The summed E-state index contributed by atoms with van der Waals surface area (Å²) in [6.07, 6.45) is 5.19. The molecule has 2 aliphatic rings. The van der Waals surface area contributed by atoms with E-state index in [0.29, 0.717) is 28.8 Å². The van der Waals surface area contributed by atoms with Crippen LogP contribution in [0.25, 0.3) is 5.69 Å². The molecule has 2 N–H and O–H groups in total. The molecule has 19 heteroatoms. The topological polar surface area (TPSA) is 179 Å². The molecule has 0 amide bonds. The quantitative estimate of drug-likeness (QED) is 0.172. The molecule has 16 nitrogen and oxygen atoms in total. The maximum absolute atomic E-state index is 12.8. The van der Waals surface area contributed by atoms with E-state index < -0.39 is 16.2 Å². The molecule has 288 valence electrons. The van der Waals surface area contributed by atoms with Gasteiger partial charge in [-0.2, -0.15) is 18.6 Å². The lowest BCUT2D eigenvalue weighted by Crippen LogP contribution is -2.46. The highest BCUT2D eigenvalue weighted by Crippen LogP contribution is 2.40. The Morgan fingerprint density at radius 1 is 0.926 bits per heavy atom. The first-order valence-electron chi connectivity index (χ1n) is 17.1. The number of ether oxygens (including phenoxy) is 3. The van der Waals surface area contributed by atoms with Gasteiger partial charge >= 0.3 is 16.1 Å². The second-order valence-corrected chi connectivity index (χ2v) is 14.5. The zero-order chi connectivity index (χ0) is 38.5. The molecule has 0 radical (unpaired) electrons. The molecule has 4 heterocycles. The van der Waals surface area contributed by atoms with Crippen molar-refractivity contribution in [2.75, 3.05) is 49.2 Å². The predicted molar refractivity (Wildman–Crippen MR) is 202 cm³/mol. The molecular formula is C35H40Cl2N8O8S. The number of piperazine rings is 1. The molecule has 7 rings (SSSR count). The third-order valence-corrected chi connectivity index (χ3v) is 9.70. The number of hydrogen-bond donors (Lipinski definition) is 2. The van der Waals surface area contributed by atoms with E-state index in [1.165, 1.54) is 11.0 Å². The van der Waals surface area contributed by atoms with E-state index >= 15 is 0 Å². The number of aromatic nitrogens is 6. The summed E-state index contributed by atoms with van der Waals surface area (Å²) in [7, 11) is -4.67. The molecule has 2 fully saturated rings. The van der Waals surface area contributed by atoms with E-state index in [1.807, 2.05) is 44.2 Å². The molecule has 2 aliphatic heterocycles. The van der Waals surface area contributed by atoms with E-state index in [0.717, 1.165) is 55.4 Å². The Morgan fingerprint density at radius 3 is 2.11 bits per heavy atom. The van der Waals surface area contributed by atoms with Crippen LogP contribution in [0.2, 0.25) is 10.0 Å². The van der Waals surface area contributed by atoms with Crippen molar-refractivity contribution in [3.05, 3.63) is 112 Å². The maximum Gasteiger partial charge on any atom is 0.394 e. The first-order valence-corrected chi connectivity index (χ1v) is 19.3. The lowest BCUT2D eigenvalue weighted by Gasteiger charge is -2.37. The van der Waals surface area contributed by atoms with Gasteiger partial charge in [0, 0.05) is 48.1 Å². The minimum atomic E-state index is -4.67. The third kappa shape index (κ3) is 9.59. The van der Waals surface area contributed by atoms with Gasteiger partial charge in [0.2, 0.25) is 5.79 Å². The third-order valence-electron chi connectivity index (χ3n) is 9.15. The van der Waals surface area contributed by atoms with Crippen molar-refractivity contribution in [2.45, 2.75) is 44.7 Å². The Bertz CT molecular complexity index is 2150. The summed E-state index contributed by atoms with van der Waals surface area (Å²) in [6, 6.07) is 21.6. The number of rotatable bonds is 11. The molecule has 0 bridgehead atoms. The van der Waals surface area contributed by atoms with Crippen LogP contribution in [0.1, 0.15) is 31.9 Å². The van der Waals surface area contributed by atoms with Crippen LogP contribution in [0.3, 0.4) is 0 Å². The first-order chi connectivity index (χ1) is 25.8. The van der Waals surface area contributed by atoms with Gasteiger partial charge in [-0.15, -0.1) is 0 Å². The van der Waals surface area contributed by atoms with Gasteiger partial charge in [-0.1, -0.05) is 36.2 Å². The van der Waals surface area contributed by atoms with Crippen LogP contribution in [0.4, 0.5) is 11.4 Å². The minimum absolute atomic E-state index is 0.0645. The molecule has 3 aromatic carbocycles. The van der Waals surface area contributed by atoms with Crippen molar-refractivity contribution in [1.82, 2.24) is 29.1 Å². The van der Waals surface area contributed by atoms with Crippen LogP contribution < -0.4 is 20.2 Å². The van der Waals surface area contributed by atoms with Crippen molar-refractivity contribution < 1.29 is 31.7 Å². The fourth-order valence-corrected chi connectivity index (χ4v) is 6.79. The van der Waals surface area contributed by atoms with Gasteiger partial charge in [0.1, 0.15) is 44.0 Å². The van der Waals surface area contributed by atoms with Crippen LogP contribution in [-0.2, 0) is 32.2 Å². The standard InChI is InChI=1S/C35H38Cl2N8O4.H2O4S/c1-3-25(2)45-34(46)44(24-40-45)29-7-5-27(6-8-29)41-14-16-42(17-15-41)28-9-11-30(12-10-28)47-19-31-20-48-35(49-31,21-43-23-38-22-39-43)32-13-4-26(36)18-33(32)37;1-5(2,3)4/h4-13,18,22-25,31H,3,14-17,19-21H2,1-2H3;(H2,1,2,3,4)/t25?,31-,35-;/m0./s1. The molecule has 0 spiro atoms. The smallest absolute Gasteiger partial charge is 0.394 e. The molecule has 54 heavy (non-hydrogen) atoms. The summed E-state index contributed by atoms with van der Waals surface area (Å²) in [4.78, 5) is 21.6. The monoisotopic (exact) mass is 802 g/mol. The Hall–Kier alpha value is -4.49. The Labute approximate surface area is 322 Å². The highest BCUT2D eigenvalue weighted by molar-refractivity contribution is 7.79. The molecule has 0 saturated carbocycles. The minimum Gasteiger partial charge on any atom is -0.491 e. The Kier molecular flexibility index (Phi) is 12.3. The number of hydrogen-bond acceptors (Lipinski definition) is 11. The molecular weight excluding hydrogens is 763 g/mol. The second-order valence-electron chi connectivity index (χ2n) is 12.7. The van der Waals surface area contributed by atoms with Crippen molar-refractivity contribution >= 4 is 45.0 Å². The average Bonchev–Trinajstić information content (AvgIpc) is 3.91. The summed E-state index contributed by atoms with van der Waals surface area (Å²) in [5, 5.41) is 9.50. The van der Waals surface area contributed by atoms with Crippen LogP contribution >= 0.6 is 23.2 Å². The van der Waals surface area contributed by atoms with Crippen LogP contribution in [0, 0.1) is 0 Å². The summed E-state index contributed by atoms with van der Waals surface area (Å²) >= 11 is 12.7. The van der Waals surface area contributed by atoms with Gasteiger partial charge in [-0.3, -0.25) is 9.11 Å². The first kappa shape index (κ1) is 39.2. The number of halogens is 2. The van der Waals surface area contributed by atoms with Gasteiger partial charge < -0.3 is 24.0 Å². The summed E-state index contributed by atoms with van der Waals surface area (Å²) in [5.41, 5.74) is 3.64. The Balaban J connectivity index is 0.000000934. The van der Waals surface area contributed by atoms with Crippen LogP contribution in [0.15, 0.2) is 90.5 Å². The number of nitrogens with zero attached hydrogens (tertiary/aromatic N) is 8. The van der Waals surface area contributed by atoms with Crippen molar-refractivity contribution in [1.29, 1.82) is 0 Å². The van der Waals surface area contributed by atoms with Gasteiger partial charge in [0.25, 0.3) is 0 Å². The Morgan fingerprint density at radius 2 is 1.54 bits per heavy atom. The van der Waals surface area contributed by atoms with E-state index in [1.54, 1.807) is 34.0 Å². The molecule has 3 atom stereocenters. The molecule has 5 aromatic rings. The molecule has 2 saturated heterocycles. The maximum atomic E-state index is 12.8. The van der Waals surface area contributed by atoms with E-state index in [9.17, 15) is 4.79 Å². The van der Waals surface area contributed by atoms with Crippen molar-refractivity contribution in [3.63, 3.8) is 0 Å². The molecule has 2 aromatic heterocycles. The van der Waals surface area contributed by atoms with Gasteiger partial charge in [0.05, 0.1) is 23.4 Å². The fourth-order valence-electron chi connectivity index (χ4n) is 6.24. The van der Waals surface area contributed by atoms with Crippen molar-refractivity contribution in [3.8, 4) is 11.4 Å². The van der Waals surface area contributed by atoms with Crippen molar-refractivity contribution in [2.24, 2.45) is 0 Å². The lowest BCUT2D eigenvalue weighted by atomic mass is 10.1. The fraction of sp³-hybridized carbons (Fsp3) is 0.371. The normalized spacial score (nSPS) is 19.3. The van der Waals surface area contributed by atoms with Crippen LogP contribution in [0.5, 0.6) is 5.75 Å². The van der Waals surface area contributed by atoms with Gasteiger partial charge in [-0.05, 0) is 74.0 Å². The van der Waals surface area contributed by atoms with Gasteiger partial charge in [-0.25, -0.2) is 23.7 Å². The molecule has 1 unspecified atom stereocenters. The largest absolute Gasteiger partial charge is 0.491 e. The number of anilines is 2. The van der Waals surface area contributed by atoms with Crippen LogP contribution in [-0.4, -0.2) is 92.1 Å².